The molecule has 0 aliphatic carbocycles. The largest absolute Gasteiger partial charge is 0.333 e. The molecule has 0 spiro atoms. The molecule has 1 aliphatic rings. The van der Waals surface area contributed by atoms with E-state index in [1.165, 1.54) is 10.9 Å². The summed E-state index contributed by atoms with van der Waals surface area (Å²) in [6.07, 6.45) is 4.99. The van der Waals surface area contributed by atoms with Crippen molar-refractivity contribution in [1.82, 2.24) is 18.8 Å². The molecule has 7 heteroatoms. The zero-order valence-electron chi connectivity index (χ0n) is 17.1. The van der Waals surface area contributed by atoms with Crippen molar-refractivity contribution in [1.29, 1.82) is 0 Å². The molecule has 1 fully saturated rings. The number of nitrogens with zero attached hydrogens (tertiary/aromatic N) is 4. The highest BCUT2D eigenvalue weighted by Gasteiger charge is 2.28. The van der Waals surface area contributed by atoms with Gasteiger partial charge in [0.15, 0.2) is 0 Å². The van der Waals surface area contributed by atoms with Crippen molar-refractivity contribution < 1.29 is 8.42 Å². The highest BCUT2D eigenvalue weighted by atomic mass is 32.2. The fourth-order valence-electron chi connectivity index (χ4n) is 3.97. The highest BCUT2D eigenvalue weighted by Crippen LogP contribution is 2.21. The van der Waals surface area contributed by atoms with Crippen LogP contribution in [0.1, 0.15) is 18.1 Å². The Hall–Kier alpha value is -2.22. The number of fused-ring (bicyclic) bond motifs is 1. The lowest BCUT2D eigenvalue weighted by Gasteiger charge is -2.34. The number of piperazine rings is 1. The van der Waals surface area contributed by atoms with E-state index in [-0.39, 0.29) is 0 Å². The van der Waals surface area contributed by atoms with Gasteiger partial charge in [0.2, 0.25) is 10.0 Å². The summed E-state index contributed by atoms with van der Waals surface area (Å²) in [7, 11) is -3.40. The van der Waals surface area contributed by atoms with Gasteiger partial charge >= 0.3 is 0 Å². The monoisotopic (exact) mass is 412 g/mol. The molecular formula is C22H28N4O2S. The molecule has 0 unspecified atom stereocenters. The SMILES string of the molecule is CCn1cc(CCN2CCN(S(=O)(=O)c3ccc(C)cc3)CC2)c2cccnc21. The van der Waals surface area contributed by atoms with Gasteiger partial charge in [-0.3, -0.25) is 0 Å². The van der Waals surface area contributed by atoms with Crippen molar-refractivity contribution in [2.75, 3.05) is 32.7 Å². The standard InChI is InChI=1S/C22H28N4O2S/c1-3-25-17-19(21-5-4-11-23-22(21)25)10-12-24-13-15-26(16-14-24)29(27,28)20-8-6-18(2)7-9-20/h4-9,11,17H,3,10,12-16H2,1-2H3. The average molecular weight is 413 g/mol. The molecule has 1 aromatic carbocycles. The molecule has 3 aromatic rings. The summed E-state index contributed by atoms with van der Waals surface area (Å²) in [6, 6.07) is 11.2. The van der Waals surface area contributed by atoms with E-state index < -0.39 is 10.0 Å². The third-order valence-electron chi connectivity index (χ3n) is 5.74. The molecule has 1 aliphatic heterocycles. The first-order chi connectivity index (χ1) is 14.0. The van der Waals surface area contributed by atoms with Crippen LogP contribution < -0.4 is 0 Å². The second kappa shape index (κ2) is 8.26. The maximum absolute atomic E-state index is 12.9. The van der Waals surface area contributed by atoms with E-state index >= 15 is 0 Å². The minimum Gasteiger partial charge on any atom is -0.333 e. The van der Waals surface area contributed by atoms with E-state index in [0.717, 1.165) is 43.8 Å². The Morgan fingerprint density at radius 2 is 1.76 bits per heavy atom. The van der Waals surface area contributed by atoms with Crippen molar-refractivity contribution in [2.45, 2.75) is 31.7 Å². The van der Waals surface area contributed by atoms with Crippen LogP contribution in [0.2, 0.25) is 0 Å². The van der Waals surface area contributed by atoms with E-state index in [0.29, 0.717) is 18.0 Å². The van der Waals surface area contributed by atoms with E-state index in [1.807, 2.05) is 31.3 Å². The van der Waals surface area contributed by atoms with Gasteiger partial charge in [-0.05, 0) is 50.1 Å². The Morgan fingerprint density at radius 1 is 1.03 bits per heavy atom. The zero-order valence-corrected chi connectivity index (χ0v) is 17.9. The van der Waals surface area contributed by atoms with Gasteiger partial charge in [-0.1, -0.05) is 17.7 Å². The van der Waals surface area contributed by atoms with Gasteiger partial charge in [0.25, 0.3) is 0 Å². The molecule has 1 saturated heterocycles. The highest BCUT2D eigenvalue weighted by molar-refractivity contribution is 7.89. The zero-order chi connectivity index (χ0) is 20.4. The molecule has 0 atom stereocenters. The summed E-state index contributed by atoms with van der Waals surface area (Å²) in [4.78, 5) is 7.25. The average Bonchev–Trinajstić information content (AvgIpc) is 3.11. The third kappa shape index (κ3) is 4.08. The summed E-state index contributed by atoms with van der Waals surface area (Å²) in [5, 5.41) is 1.22. The van der Waals surface area contributed by atoms with Crippen LogP contribution in [0.4, 0.5) is 0 Å². The van der Waals surface area contributed by atoms with Gasteiger partial charge in [0.1, 0.15) is 5.65 Å². The van der Waals surface area contributed by atoms with E-state index in [2.05, 4.69) is 33.6 Å². The van der Waals surface area contributed by atoms with Crippen LogP contribution in [-0.4, -0.2) is 59.9 Å². The second-order valence-corrected chi connectivity index (χ2v) is 9.56. The van der Waals surface area contributed by atoms with Crippen molar-refractivity contribution >= 4 is 21.1 Å². The topological polar surface area (TPSA) is 58.4 Å². The number of rotatable bonds is 6. The first-order valence-corrected chi connectivity index (χ1v) is 11.6. The molecule has 0 N–H and O–H groups in total. The van der Waals surface area contributed by atoms with Crippen LogP contribution in [0.3, 0.4) is 0 Å². The molecule has 0 radical (unpaired) electrons. The molecule has 4 rings (SSSR count). The Morgan fingerprint density at radius 3 is 2.45 bits per heavy atom. The fraction of sp³-hybridized carbons (Fsp3) is 0.409. The molecule has 154 valence electrons. The Labute approximate surface area is 172 Å². The summed E-state index contributed by atoms with van der Waals surface area (Å²) < 4.78 is 29.5. The van der Waals surface area contributed by atoms with Crippen LogP contribution >= 0.6 is 0 Å². The van der Waals surface area contributed by atoms with Gasteiger partial charge in [0, 0.05) is 57.0 Å². The fourth-order valence-corrected chi connectivity index (χ4v) is 5.39. The maximum atomic E-state index is 12.9. The number of hydrogen-bond donors (Lipinski definition) is 0. The number of hydrogen-bond acceptors (Lipinski definition) is 4. The third-order valence-corrected chi connectivity index (χ3v) is 7.66. The van der Waals surface area contributed by atoms with E-state index in [4.69, 9.17) is 0 Å². The van der Waals surface area contributed by atoms with Crippen molar-refractivity contribution in [3.05, 3.63) is 59.9 Å². The Balaban J connectivity index is 1.38. The Bertz CT molecular complexity index is 1080. The van der Waals surface area contributed by atoms with E-state index in [9.17, 15) is 8.42 Å². The number of pyridine rings is 1. The van der Waals surface area contributed by atoms with E-state index in [1.54, 1.807) is 16.4 Å². The summed E-state index contributed by atoms with van der Waals surface area (Å²) in [5.74, 6) is 0. The summed E-state index contributed by atoms with van der Waals surface area (Å²) >= 11 is 0. The number of aromatic nitrogens is 2. The van der Waals surface area contributed by atoms with Gasteiger partial charge in [-0.25, -0.2) is 13.4 Å². The molecule has 29 heavy (non-hydrogen) atoms. The molecule has 0 bridgehead atoms. The van der Waals surface area contributed by atoms with Crippen LogP contribution in [0, 0.1) is 6.92 Å². The smallest absolute Gasteiger partial charge is 0.243 e. The minimum atomic E-state index is -3.40. The van der Waals surface area contributed by atoms with Gasteiger partial charge in [0.05, 0.1) is 4.90 Å². The molecule has 0 saturated carbocycles. The lowest BCUT2D eigenvalue weighted by atomic mass is 10.1. The lowest BCUT2D eigenvalue weighted by molar-refractivity contribution is 0.190. The van der Waals surface area contributed by atoms with Gasteiger partial charge in [-0.15, -0.1) is 0 Å². The summed E-state index contributed by atoms with van der Waals surface area (Å²) in [5.41, 5.74) is 3.41. The number of sulfonamides is 1. The number of aryl methyl sites for hydroxylation is 2. The number of benzene rings is 1. The minimum absolute atomic E-state index is 0.386. The Kier molecular flexibility index (Phi) is 5.72. The lowest BCUT2D eigenvalue weighted by Crippen LogP contribution is -2.48. The van der Waals surface area contributed by atoms with Crippen LogP contribution in [-0.2, 0) is 23.0 Å². The molecule has 0 amide bonds. The van der Waals surface area contributed by atoms with Gasteiger partial charge in [-0.2, -0.15) is 4.31 Å². The second-order valence-electron chi connectivity index (χ2n) is 7.62. The quantitative estimate of drug-likeness (QED) is 0.625. The predicted molar refractivity (Wildman–Crippen MR) is 115 cm³/mol. The molecule has 6 nitrogen and oxygen atoms in total. The molecule has 3 heterocycles. The molecular weight excluding hydrogens is 384 g/mol. The van der Waals surface area contributed by atoms with Crippen LogP contribution in [0.5, 0.6) is 0 Å². The van der Waals surface area contributed by atoms with Crippen molar-refractivity contribution in [2.24, 2.45) is 0 Å². The van der Waals surface area contributed by atoms with Gasteiger partial charge < -0.3 is 9.47 Å². The normalized spacial score (nSPS) is 16.5. The molecule has 2 aromatic heterocycles. The van der Waals surface area contributed by atoms with Crippen molar-refractivity contribution in [3.8, 4) is 0 Å². The van der Waals surface area contributed by atoms with Crippen molar-refractivity contribution in [3.63, 3.8) is 0 Å². The first kappa shape index (κ1) is 20.1. The predicted octanol–water partition coefficient (Wildman–Crippen LogP) is 2.91. The van der Waals surface area contributed by atoms with Crippen LogP contribution in [0.25, 0.3) is 11.0 Å². The van der Waals surface area contributed by atoms with Crippen LogP contribution in [0.15, 0.2) is 53.7 Å². The maximum Gasteiger partial charge on any atom is 0.243 e. The summed E-state index contributed by atoms with van der Waals surface area (Å²) in [6.45, 7) is 8.52. The first-order valence-electron chi connectivity index (χ1n) is 10.2.